The van der Waals surface area contributed by atoms with Gasteiger partial charge in [-0.2, -0.15) is 0 Å². The van der Waals surface area contributed by atoms with Gasteiger partial charge in [-0.25, -0.2) is 4.98 Å². The predicted molar refractivity (Wildman–Crippen MR) is 82.5 cm³/mol. The van der Waals surface area contributed by atoms with Gasteiger partial charge in [0, 0.05) is 23.8 Å². The molecule has 0 aliphatic heterocycles. The second-order valence-electron chi connectivity index (χ2n) is 4.91. The van der Waals surface area contributed by atoms with Crippen molar-refractivity contribution in [2.45, 2.75) is 33.6 Å². The van der Waals surface area contributed by atoms with E-state index >= 15 is 0 Å². The van der Waals surface area contributed by atoms with E-state index in [0.29, 0.717) is 23.8 Å². The Balaban J connectivity index is 2.72. The summed E-state index contributed by atoms with van der Waals surface area (Å²) < 4.78 is 0.809. The highest BCUT2D eigenvalue weighted by molar-refractivity contribution is 9.10. The highest BCUT2D eigenvalue weighted by Crippen LogP contribution is 2.18. The molecule has 0 saturated carbocycles. The summed E-state index contributed by atoms with van der Waals surface area (Å²) in [6.45, 7) is 7.85. The van der Waals surface area contributed by atoms with Crippen LogP contribution in [-0.4, -0.2) is 24.0 Å². The number of aromatic nitrogens is 1. The zero-order chi connectivity index (χ0) is 14.3. The van der Waals surface area contributed by atoms with Crippen molar-refractivity contribution in [3.63, 3.8) is 0 Å². The summed E-state index contributed by atoms with van der Waals surface area (Å²) in [7, 11) is 0. The van der Waals surface area contributed by atoms with E-state index in [9.17, 15) is 4.79 Å². The van der Waals surface area contributed by atoms with Crippen molar-refractivity contribution >= 4 is 27.7 Å². The molecule has 5 heteroatoms. The number of carbonyl (C=O) groups excluding carboxylic acids is 1. The summed E-state index contributed by atoms with van der Waals surface area (Å²) in [5, 5.41) is 6.11. The molecule has 0 spiro atoms. The second-order valence-corrected chi connectivity index (χ2v) is 5.83. The first-order chi connectivity index (χ1) is 9.04. The number of anilines is 1. The molecule has 106 valence electrons. The number of amides is 1. The topological polar surface area (TPSA) is 54.0 Å². The molecule has 1 rings (SSSR count). The number of halogens is 1. The maximum Gasteiger partial charge on any atom is 0.255 e. The highest BCUT2D eigenvalue weighted by Gasteiger charge is 2.12. The van der Waals surface area contributed by atoms with E-state index in [1.165, 1.54) is 0 Å². The fourth-order valence-electron chi connectivity index (χ4n) is 1.57. The summed E-state index contributed by atoms with van der Waals surface area (Å²) in [5.74, 6) is 1.15. The van der Waals surface area contributed by atoms with Gasteiger partial charge in [-0.1, -0.05) is 20.8 Å². The van der Waals surface area contributed by atoms with Crippen LogP contribution in [0.1, 0.15) is 44.0 Å². The molecule has 19 heavy (non-hydrogen) atoms. The van der Waals surface area contributed by atoms with Crippen LogP contribution in [0.4, 0.5) is 5.82 Å². The number of nitrogens with zero attached hydrogens (tertiary/aromatic N) is 1. The molecule has 0 radical (unpaired) electrons. The van der Waals surface area contributed by atoms with Crippen molar-refractivity contribution in [3.8, 4) is 0 Å². The van der Waals surface area contributed by atoms with Crippen LogP contribution in [0.5, 0.6) is 0 Å². The Morgan fingerprint density at radius 3 is 2.79 bits per heavy atom. The molecule has 1 amide bonds. The lowest BCUT2D eigenvalue weighted by Crippen LogP contribution is -2.26. The first-order valence-electron chi connectivity index (χ1n) is 6.72. The Kier molecular flexibility index (Phi) is 6.84. The standard InChI is InChI=1S/C14H22BrN3O/c1-4-6-16-13-12(8-11(15)9-18-13)14(19)17-7-5-10(2)3/h8-10H,4-7H2,1-3H3,(H,16,18)(H,17,19). The van der Waals surface area contributed by atoms with Gasteiger partial charge < -0.3 is 10.6 Å². The van der Waals surface area contributed by atoms with E-state index in [2.05, 4.69) is 52.3 Å². The van der Waals surface area contributed by atoms with Gasteiger partial charge >= 0.3 is 0 Å². The Bertz CT molecular complexity index is 421. The van der Waals surface area contributed by atoms with E-state index in [1.807, 2.05) is 0 Å². The first kappa shape index (κ1) is 16.0. The molecule has 2 N–H and O–H groups in total. The Morgan fingerprint density at radius 1 is 1.42 bits per heavy atom. The minimum absolute atomic E-state index is 0.0759. The van der Waals surface area contributed by atoms with Crippen LogP contribution in [-0.2, 0) is 0 Å². The normalized spacial score (nSPS) is 10.6. The molecule has 0 bridgehead atoms. The van der Waals surface area contributed by atoms with Gasteiger partial charge in [0.15, 0.2) is 0 Å². The van der Waals surface area contributed by atoms with E-state index in [1.54, 1.807) is 12.3 Å². The zero-order valence-corrected chi connectivity index (χ0v) is 13.4. The Labute approximate surface area is 123 Å². The number of hydrogen-bond donors (Lipinski definition) is 2. The minimum Gasteiger partial charge on any atom is -0.369 e. The number of nitrogens with one attached hydrogen (secondary N) is 2. The molecule has 1 aromatic rings. The van der Waals surface area contributed by atoms with Gasteiger partial charge in [-0.05, 0) is 40.8 Å². The molecule has 0 aromatic carbocycles. The molecule has 0 aliphatic carbocycles. The molecule has 1 aromatic heterocycles. The molecule has 4 nitrogen and oxygen atoms in total. The minimum atomic E-state index is -0.0759. The number of pyridine rings is 1. The summed E-state index contributed by atoms with van der Waals surface area (Å²) in [6.07, 6.45) is 3.67. The summed E-state index contributed by atoms with van der Waals surface area (Å²) >= 11 is 3.35. The third-order valence-electron chi connectivity index (χ3n) is 2.65. The summed E-state index contributed by atoms with van der Waals surface area (Å²) in [6, 6.07) is 1.80. The lowest BCUT2D eigenvalue weighted by Gasteiger charge is -2.12. The van der Waals surface area contributed by atoms with E-state index in [0.717, 1.165) is 23.9 Å². The van der Waals surface area contributed by atoms with Crippen LogP contribution in [0.3, 0.4) is 0 Å². The predicted octanol–water partition coefficient (Wildman–Crippen LogP) is 3.44. The Morgan fingerprint density at radius 2 is 2.16 bits per heavy atom. The van der Waals surface area contributed by atoms with Gasteiger partial charge in [0.25, 0.3) is 5.91 Å². The van der Waals surface area contributed by atoms with Crippen molar-refractivity contribution in [1.82, 2.24) is 10.3 Å². The average molecular weight is 328 g/mol. The van der Waals surface area contributed by atoms with Gasteiger partial charge in [-0.15, -0.1) is 0 Å². The first-order valence-corrected chi connectivity index (χ1v) is 7.51. The number of rotatable bonds is 7. The number of hydrogen-bond acceptors (Lipinski definition) is 3. The van der Waals surface area contributed by atoms with Crippen molar-refractivity contribution < 1.29 is 4.79 Å². The van der Waals surface area contributed by atoms with Crippen LogP contribution in [0.25, 0.3) is 0 Å². The summed E-state index contributed by atoms with van der Waals surface area (Å²) in [4.78, 5) is 16.4. The third kappa shape index (κ3) is 5.59. The SMILES string of the molecule is CCCNc1ncc(Br)cc1C(=O)NCCC(C)C. The van der Waals surface area contributed by atoms with Gasteiger partial charge in [0.05, 0.1) is 5.56 Å². The largest absolute Gasteiger partial charge is 0.369 e. The lowest BCUT2D eigenvalue weighted by molar-refractivity contribution is 0.0952. The van der Waals surface area contributed by atoms with Crippen LogP contribution in [0, 0.1) is 5.92 Å². The number of carbonyl (C=O) groups is 1. The molecule has 0 unspecified atom stereocenters. The Hall–Kier alpha value is -1.10. The van der Waals surface area contributed by atoms with E-state index in [4.69, 9.17) is 0 Å². The zero-order valence-electron chi connectivity index (χ0n) is 11.8. The van der Waals surface area contributed by atoms with E-state index in [-0.39, 0.29) is 5.91 Å². The maximum atomic E-state index is 12.2. The van der Waals surface area contributed by atoms with Crippen molar-refractivity contribution in [3.05, 3.63) is 22.3 Å². The molecular formula is C14H22BrN3O. The fourth-order valence-corrected chi connectivity index (χ4v) is 1.90. The quantitative estimate of drug-likeness (QED) is 0.806. The van der Waals surface area contributed by atoms with Crippen LogP contribution in [0.2, 0.25) is 0 Å². The monoisotopic (exact) mass is 327 g/mol. The average Bonchev–Trinajstić information content (AvgIpc) is 2.36. The molecule has 0 atom stereocenters. The highest BCUT2D eigenvalue weighted by atomic mass is 79.9. The van der Waals surface area contributed by atoms with Crippen molar-refractivity contribution in [2.75, 3.05) is 18.4 Å². The van der Waals surface area contributed by atoms with Crippen molar-refractivity contribution in [1.29, 1.82) is 0 Å². The maximum absolute atomic E-state index is 12.2. The van der Waals surface area contributed by atoms with Crippen LogP contribution in [0.15, 0.2) is 16.7 Å². The molecule has 0 saturated heterocycles. The van der Waals surface area contributed by atoms with Crippen molar-refractivity contribution in [2.24, 2.45) is 5.92 Å². The molecule has 0 aliphatic rings. The van der Waals surface area contributed by atoms with Gasteiger partial charge in [0.2, 0.25) is 0 Å². The van der Waals surface area contributed by atoms with Gasteiger partial charge in [-0.3, -0.25) is 4.79 Å². The second kappa shape index (κ2) is 8.15. The smallest absolute Gasteiger partial charge is 0.255 e. The van der Waals surface area contributed by atoms with E-state index < -0.39 is 0 Å². The molecular weight excluding hydrogens is 306 g/mol. The third-order valence-corrected chi connectivity index (χ3v) is 3.08. The van der Waals surface area contributed by atoms with Gasteiger partial charge in [0.1, 0.15) is 5.82 Å². The molecule has 0 fully saturated rings. The van der Waals surface area contributed by atoms with Crippen LogP contribution < -0.4 is 10.6 Å². The molecule has 1 heterocycles. The lowest BCUT2D eigenvalue weighted by atomic mass is 10.1. The summed E-state index contributed by atoms with van der Waals surface area (Å²) in [5.41, 5.74) is 0.589. The van der Waals surface area contributed by atoms with Crippen LogP contribution >= 0.6 is 15.9 Å². The fraction of sp³-hybridized carbons (Fsp3) is 0.571.